The largest absolute Gasteiger partial charge is 0.311 e. The van der Waals surface area contributed by atoms with Gasteiger partial charge in [0.25, 0.3) is 6.71 Å². The number of rotatable bonds is 3. The first-order chi connectivity index (χ1) is 30.6. The van der Waals surface area contributed by atoms with E-state index in [2.05, 4.69) is 237 Å². The lowest BCUT2D eigenvalue weighted by Gasteiger charge is -2.44. The first kappa shape index (κ1) is 44.8. The summed E-state index contributed by atoms with van der Waals surface area (Å²) in [6, 6.07) is 43.9. The number of hydrogen-bond donors (Lipinski definition) is 0. The first-order valence-electron chi connectivity index (χ1n) is 24.5. The Morgan fingerprint density at radius 2 is 1.05 bits per heavy atom. The van der Waals surface area contributed by atoms with Gasteiger partial charge in [-0.05, 0) is 156 Å². The first-order valence-corrected chi connectivity index (χ1v) is 25.3. The van der Waals surface area contributed by atoms with Gasteiger partial charge < -0.3 is 9.80 Å². The van der Waals surface area contributed by atoms with Gasteiger partial charge in [-0.25, -0.2) is 0 Å². The van der Waals surface area contributed by atoms with E-state index in [1.807, 2.05) is 11.3 Å². The minimum absolute atomic E-state index is 0.0158. The predicted molar refractivity (Wildman–Crippen MR) is 291 cm³/mol. The van der Waals surface area contributed by atoms with Gasteiger partial charge in [0, 0.05) is 43.2 Å². The van der Waals surface area contributed by atoms with Crippen molar-refractivity contribution in [1.82, 2.24) is 0 Å². The summed E-state index contributed by atoms with van der Waals surface area (Å²) < 4.78 is 2.78. The van der Waals surface area contributed by atoms with Crippen LogP contribution in [0.1, 0.15) is 156 Å². The fraction of sp³-hybridized carbons (Fsp3) is 0.387. The number of anilines is 6. The molecule has 10 rings (SSSR count). The van der Waals surface area contributed by atoms with Gasteiger partial charge in [0.1, 0.15) is 0 Å². The number of thiophene rings is 1. The molecule has 0 fully saturated rings. The highest BCUT2D eigenvalue weighted by molar-refractivity contribution is 7.33. The minimum atomic E-state index is -0.0359. The van der Waals surface area contributed by atoms with Crippen LogP contribution in [0.4, 0.5) is 34.1 Å². The molecule has 0 N–H and O–H groups in total. The van der Waals surface area contributed by atoms with Crippen molar-refractivity contribution >= 4 is 78.0 Å². The lowest BCUT2D eigenvalue weighted by Crippen LogP contribution is -2.60. The molecule has 4 heteroatoms. The molecule has 0 unspecified atom stereocenters. The molecule has 66 heavy (non-hydrogen) atoms. The Hall–Kier alpha value is -5.06. The van der Waals surface area contributed by atoms with Crippen molar-refractivity contribution in [3.63, 3.8) is 0 Å². The lowest BCUT2D eigenvalue weighted by atomic mass is 9.36. The Morgan fingerprint density at radius 1 is 0.500 bits per heavy atom. The molecule has 1 aromatic heterocycles. The molecule has 7 aromatic rings. The van der Waals surface area contributed by atoms with Gasteiger partial charge in [-0.3, -0.25) is 0 Å². The molecule has 1 aliphatic carbocycles. The van der Waals surface area contributed by atoms with Gasteiger partial charge in [0.2, 0.25) is 0 Å². The maximum Gasteiger partial charge on any atom is 0.264 e. The molecule has 2 aliphatic heterocycles. The fourth-order valence-electron chi connectivity index (χ4n) is 11.8. The summed E-state index contributed by atoms with van der Waals surface area (Å²) in [5, 5.41) is 1.35. The zero-order chi connectivity index (χ0) is 47.4. The average Bonchev–Trinajstić information content (AvgIpc) is 3.68. The predicted octanol–water partition coefficient (Wildman–Crippen LogP) is 16.1. The molecule has 0 radical (unpaired) electrons. The van der Waals surface area contributed by atoms with Gasteiger partial charge in [0.15, 0.2) is 0 Å². The van der Waals surface area contributed by atoms with E-state index >= 15 is 0 Å². The van der Waals surface area contributed by atoms with Crippen LogP contribution in [0, 0.1) is 6.92 Å². The third-order valence-electron chi connectivity index (χ3n) is 15.3. The summed E-state index contributed by atoms with van der Waals surface area (Å²) >= 11 is 2.00. The number of aryl methyl sites for hydroxylation is 1. The molecular formula is C62H71BN2S. The summed E-state index contributed by atoms with van der Waals surface area (Å²) in [4.78, 5) is 5.35. The van der Waals surface area contributed by atoms with Crippen LogP contribution in [-0.2, 0) is 32.5 Å². The average molecular weight is 887 g/mol. The van der Waals surface area contributed by atoms with Crippen molar-refractivity contribution in [2.45, 2.75) is 157 Å². The van der Waals surface area contributed by atoms with Crippen molar-refractivity contribution in [2.24, 2.45) is 0 Å². The number of hydrogen-bond acceptors (Lipinski definition) is 3. The summed E-state index contributed by atoms with van der Waals surface area (Å²) in [7, 11) is 0. The molecule has 0 bridgehead atoms. The molecule has 338 valence electrons. The summed E-state index contributed by atoms with van der Waals surface area (Å²) in [5.74, 6) is 0. The van der Waals surface area contributed by atoms with E-state index in [1.54, 1.807) is 0 Å². The van der Waals surface area contributed by atoms with Crippen molar-refractivity contribution < 1.29 is 0 Å². The van der Waals surface area contributed by atoms with Crippen LogP contribution in [0.5, 0.6) is 0 Å². The number of fused-ring (bicyclic) bond motifs is 7. The monoisotopic (exact) mass is 887 g/mol. The summed E-state index contributed by atoms with van der Waals surface area (Å²) in [6.45, 7) is 40.2. The maximum atomic E-state index is 2.69. The van der Waals surface area contributed by atoms with Crippen LogP contribution >= 0.6 is 11.3 Å². The zero-order valence-electron chi connectivity index (χ0n) is 43.0. The van der Waals surface area contributed by atoms with Gasteiger partial charge >= 0.3 is 0 Å². The van der Waals surface area contributed by atoms with Crippen LogP contribution < -0.4 is 25.5 Å². The number of benzene rings is 6. The molecule has 0 saturated carbocycles. The molecule has 6 aromatic carbocycles. The molecule has 3 aliphatic rings. The van der Waals surface area contributed by atoms with Crippen LogP contribution in [0.15, 0.2) is 109 Å². The Balaban J connectivity index is 1.32. The summed E-state index contributed by atoms with van der Waals surface area (Å²) in [5.41, 5.74) is 22.8. The standard InChI is InChI=1S/C62H71BN2S/c1-37-30-51-54-52(31-37)65(49-28-23-40(58(5,6)7)32-44(49)38-18-20-39(21-19-38)57(2,3)4)50-34-42(60(11,12)13)22-27-48(50)63(54)56-55(45-33-41(59(8,9)10)24-29-53(45)66-56)64(51)43-25-26-46-47(35-43)62(16,17)36-61(46,14)15/h18-35H,36H2,1-17H3. The maximum absolute atomic E-state index is 2.69. The number of nitrogens with zero attached hydrogens (tertiary/aromatic N) is 2. The zero-order valence-corrected chi connectivity index (χ0v) is 43.8. The van der Waals surface area contributed by atoms with E-state index < -0.39 is 0 Å². The van der Waals surface area contributed by atoms with Crippen molar-refractivity contribution in [3.8, 4) is 11.1 Å². The third kappa shape index (κ3) is 7.10. The highest BCUT2D eigenvalue weighted by Crippen LogP contribution is 2.54. The van der Waals surface area contributed by atoms with Crippen molar-refractivity contribution in [3.05, 3.63) is 148 Å². The smallest absolute Gasteiger partial charge is 0.264 e. The highest BCUT2D eigenvalue weighted by Gasteiger charge is 2.47. The topological polar surface area (TPSA) is 6.48 Å². The second kappa shape index (κ2) is 14.5. The van der Waals surface area contributed by atoms with Gasteiger partial charge in [-0.15, -0.1) is 11.3 Å². The molecule has 0 saturated heterocycles. The van der Waals surface area contributed by atoms with Crippen LogP contribution in [-0.4, -0.2) is 6.71 Å². The Labute approximate surface area is 401 Å². The normalized spacial score (nSPS) is 16.3. The molecule has 0 spiro atoms. The van der Waals surface area contributed by atoms with E-state index in [9.17, 15) is 0 Å². The van der Waals surface area contributed by atoms with E-state index in [1.165, 1.54) is 110 Å². The highest BCUT2D eigenvalue weighted by atomic mass is 32.1. The lowest BCUT2D eigenvalue weighted by molar-refractivity contribution is 0.403. The van der Waals surface area contributed by atoms with E-state index in [0.29, 0.717) is 0 Å². The Kier molecular flexibility index (Phi) is 9.82. The molecule has 0 atom stereocenters. The van der Waals surface area contributed by atoms with Gasteiger partial charge in [-0.2, -0.15) is 0 Å². The molecule has 2 nitrogen and oxygen atoms in total. The third-order valence-corrected chi connectivity index (χ3v) is 16.5. The van der Waals surface area contributed by atoms with Crippen LogP contribution in [0.25, 0.3) is 21.2 Å². The Bertz CT molecular complexity index is 3110. The SMILES string of the molecule is Cc1cc2c3c(c1)N(c1ccc4c(c1)C(C)(C)CC4(C)C)c1c(sc4ccc(C(C)(C)C)cc14)B3c1ccc(C(C)(C)C)cc1N2c1ccc(C(C)(C)C)cc1-c1ccc(C(C)(C)C)cc1. The molecule has 3 heterocycles. The molecular weight excluding hydrogens is 816 g/mol. The van der Waals surface area contributed by atoms with Gasteiger partial charge in [0.05, 0.1) is 11.4 Å². The van der Waals surface area contributed by atoms with Crippen LogP contribution in [0.3, 0.4) is 0 Å². The molecule has 0 amide bonds. The van der Waals surface area contributed by atoms with E-state index in [0.717, 1.165) is 6.42 Å². The second-order valence-corrected chi connectivity index (χ2v) is 26.7. The van der Waals surface area contributed by atoms with E-state index in [4.69, 9.17) is 0 Å². The fourth-order valence-corrected chi connectivity index (χ4v) is 13.1. The quantitative estimate of drug-likeness (QED) is 0.163. The van der Waals surface area contributed by atoms with Crippen molar-refractivity contribution in [2.75, 3.05) is 9.80 Å². The van der Waals surface area contributed by atoms with E-state index in [-0.39, 0.29) is 39.2 Å². The van der Waals surface area contributed by atoms with Gasteiger partial charge in [-0.1, -0.05) is 165 Å². The second-order valence-electron chi connectivity index (χ2n) is 25.6. The van der Waals surface area contributed by atoms with Crippen LogP contribution in [0.2, 0.25) is 0 Å². The Morgan fingerprint density at radius 3 is 1.68 bits per heavy atom. The minimum Gasteiger partial charge on any atom is -0.311 e. The van der Waals surface area contributed by atoms with Crippen molar-refractivity contribution in [1.29, 1.82) is 0 Å². The summed E-state index contributed by atoms with van der Waals surface area (Å²) in [6.07, 6.45) is 1.14.